The fraction of sp³-hybridized carbons (Fsp3) is 0.517. The molecule has 0 atom stereocenters. The molecule has 2 N–H and O–H groups in total. The number of nitrogens with zero attached hydrogens (tertiary/aromatic N) is 2. The quantitative estimate of drug-likeness (QED) is 0.522. The van der Waals surface area contributed by atoms with E-state index in [-0.39, 0.29) is 17.9 Å². The van der Waals surface area contributed by atoms with Crippen LogP contribution in [0.4, 0.5) is 11.4 Å². The number of amides is 2. The normalized spacial score (nSPS) is 17.2. The molecule has 4 rings (SSSR count). The molecule has 35 heavy (non-hydrogen) atoms. The summed E-state index contributed by atoms with van der Waals surface area (Å²) < 4.78 is 0. The van der Waals surface area contributed by atoms with Crippen molar-refractivity contribution in [2.45, 2.75) is 70.9 Å². The molecule has 2 aliphatic rings. The zero-order chi connectivity index (χ0) is 24.5. The van der Waals surface area contributed by atoms with Crippen LogP contribution in [0.15, 0.2) is 48.5 Å². The van der Waals surface area contributed by atoms with E-state index in [1.165, 1.54) is 24.8 Å². The van der Waals surface area contributed by atoms with Crippen molar-refractivity contribution in [3.63, 3.8) is 0 Å². The first kappa shape index (κ1) is 25.2. The second-order valence-corrected chi connectivity index (χ2v) is 9.94. The molecule has 0 spiro atoms. The minimum Gasteiger partial charge on any atom is -0.368 e. The van der Waals surface area contributed by atoms with Crippen LogP contribution in [-0.4, -0.2) is 48.9 Å². The van der Waals surface area contributed by atoms with Gasteiger partial charge in [-0.25, -0.2) is 0 Å². The fourth-order valence-corrected chi connectivity index (χ4v) is 5.13. The molecule has 2 amide bonds. The second-order valence-electron chi connectivity index (χ2n) is 9.94. The van der Waals surface area contributed by atoms with Crippen molar-refractivity contribution in [3.05, 3.63) is 59.7 Å². The molecule has 1 heterocycles. The van der Waals surface area contributed by atoms with Crippen LogP contribution in [0.3, 0.4) is 0 Å². The van der Waals surface area contributed by atoms with Crippen LogP contribution in [0.1, 0.15) is 74.2 Å². The van der Waals surface area contributed by atoms with Crippen LogP contribution < -0.4 is 15.5 Å². The van der Waals surface area contributed by atoms with Gasteiger partial charge in [0, 0.05) is 56.6 Å². The van der Waals surface area contributed by atoms with Crippen molar-refractivity contribution in [3.8, 4) is 0 Å². The number of piperazine rings is 1. The SMILES string of the molecule is CCCCC(=O)Nc1ccc(N2CCN(Cc3ccccc3)CC2)c(C(=O)NC2CCCCC2)c1. The van der Waals surface area contributed by atoms with E-state index >= 15 is 0 Å². The van der Waals surface area contributed by atoms with Gasteiger partial charge in [-0.3, -0.25) is 14.5 Å². The highest BCUT2D eigenvalue weighted by Gasteiger charge is 2.24. The van der Waals surface area contributed by atoms with Crippen molar-refractivity contribution in [1.82, 2.24) is 10.2 Å². The Bertz CT molecular complexity index is 964. The van der Waals surface area contributed by atoms with Crippen LogP contribution >= 0.6 is 0 Å². The summed E-state index contributed by atoms with van der Waals surface area (Å²) in [4.78, 5) is 30.5. The van der Waals surface area contributed by atoms with Gasteiger partial charge < -0.3 is 15.5 Å². The molecule has 0 bridgehead atoms. The number of rotatable bonds is 9. The van der Waals surface area contributed by atoms with Crippen molar-refractivity contribution in [2.24, 2.45) is 0 Å². The number of carbonyl (C=O) groups is 2. The summed E-state index contributed by atoms with van der Waals surface area (Å²) in [7, 11) is 0. The number of anilines is 2. The van der Waals surface area contributed by atoms with E-state index in [2.05, 4.69) is 57.7 Å². The van der Waals surface area contributed by atoms with Gasteiger partial charge in [0.2, 0.25) is 5.91 Å². The summed E-state index contributed by atoms with van der Waals surface area (Å²) in [6.07, 6.45) is 8.06. The van der Waals surface area contributed by atoms with E-state index in [4.69, 9.17) is 0 Å². The third-order valence-electron chi connectivity index (χ3n) is 7.18. The van der Waals surface area contributed by atoms with Crippen LogP contribution in [0.25, 0.3) is 0 Å². The van der Waals surface area contributed by atoms with Crippen molar-refractivity contribution >= 4 is 23.2 Å². The molecule has 1 saturated heterocycles. The first-order valence-corrected chi connectivity index (χ1v) is 13.4. The van der Waals surface area contributed by atoms with Gasteiger partial charge in [-0.15, -0.1) is 0 Å². The van der Waals surface area contributed by atoms with Crippen LogP contribution in [0.5, 0.6) is 0 Å². The molecule has 6 heteroatoms. The Hall–Kier alpha value is -2.86. The predicted octanol–water partition coefficient (Wildman–Crippen LogP) is 5.20. The Morgan fingerprint density at radius 2 is 1.69 bits per heavy atom. The summed E-state index contributed by atoms with van der Waals surface area (Å²) in [6.45, 7) is 6.68. The van der Waals surface area contributed by atoms with E-state index in [9.17, 15) is 9.59 Å². The van der Waals surface area contributed by atoms with E-state index in [1.54, 1.807) is 0 Å². The van der Waals surface area contributed by atoms with E-state index in [0.29, 0.717) is 17.7 Å². The molecule has 0 radical (unpaired) electrons. The Balaban J connectivity index is 1.46. The number of hydrogen-bond donors (Lipinski definition) is 2. The van der Waals surface area contributed by atoms with Gasteiger partial charge in [-0.2, -0.15) is 0 Å². The average Bonchev–Trinajstić information content (AvgIpc) is 2.89. The number of carbonyl (C=O) groups excluding carboxylic acids is 2. The summed E-state index contributed by atoms with van der Waals surface area (Å²) in [5.74, 6) is -0.0176. The Morgan fingerprint density at radius 1 is 0.943 bits per heavy atom. The lowest BCUT2D eigenvalue weighted by Crippen LogP contribution is -2.46. The lowest BCUT2D eigenvalue weighted by molar-refractivity contribution is -0.116. The topological polar surface area (TPSA) is 64.7 Å². The fourth-order valence-electron chi connectivity index (χ4n) is 5.13. The molecule has 188 valence electrons. The van der Waals surface area contributed by atoms with E-state index in [0.717, 1.165) is 64.1 Å². The maximum Gasteiger partial charge on any atom is 0.253 e. The molecule has 0 unspecified atom stereocenters. The number of benzene rings is 2. The summed E-state index contributed by atoms with van der Waals surface area (Å²) in [6, 6.07) is 16.6. The third kappa shape index (κ3) is 7.31. The first-order valence-electron chi connectivity index (χ1n) is 13.4. The molecule has 2 aromatic carbocycles. The lowest BCUT2D eigenvalue weighted by atomic mass is 9.95. The van der Waals surface area contributed by atoms with E-state index < -0.39 is 0 Å². The summed E-state index contributed by atoms with van der Waals surface area (Å²) in [5.41, 5.74) is 3.66. The molecule has 1 aliphatic carbocycles. The Kier molecular flexibility index (Phi) is 9.18. The van der Waals surface area contributed by atoms with Gasteiger partial charge in [0.05, 0.1) is 5.56 Å². The largest absolute Gasteiger partial charge is 0.368 e. The minimum atomic E-state index is -0.0247. The van der Waals surface area contributed by atoms with Gasteiger partial charge in [0.15, 0.2) is 0 Å². The molecule has 2 fully saturated rings. The highest BCUT2D eigenvalue weighted by Crippen LogP contribution is 2.27. The summed E-state index contributed by atoms with van der Waals surface area (Å²) in [5, 5.41) is 6.28. The zero-order valence-corrected chi connectivity index (χ0v) is 21.1. The monoisotopic (exact) mass is 476 g/mol. The highest BCUT2D eigenvalue weighted by molar-refractivity contribution is 6.02. The standard InChI is InChI=1S/C29H40N4O2/c1-2-3-14-28(34)30-25-15-16-27(26(21-25)29(35)31-24-12-8-5-9-13-24)33-19-17-32(18-20-33)22-23-10-6-4-7-11-23/h4,6-7,10-11,15-16,21,24H,2-3,5,8-9,12-14,17-20,22H2,1H3,(H,30,34)(H,31,35). The summed E-state index contributed by atoms with van der Waals surface area (Å²) >= 11 is 0. The number of unbranched alkanes of at least 4 members (excludes halogenated alkanes) is 1. The van der Waals surface area contributed by atoms with Gasteiger partial charge in [0.25, 0.3) is 5.91 Å². The third-order valence-corrected chi connectivity index (χ3v) is 7.18. The smallest absolute Gasteiger partial charge is 0.253 e. The van der Waals surface area contributed by atoms with Crippen molar-refractivity contribution in [1.29, 1.82) is 0 Å². The Labute approximate surface area is 210 Å². The molecule has 1 saturated carbocycles. The van der Waals surface area contributed by atoms with E-state index in [1.807, 2.05) is 18.2 Å². The zero-order valence-electron chi connectivity index (χ0n) is 21.1. The Morgan fingerprint density at radius 3 is 2.40 bits per heavy atom. The van der Waals surface area contributed by atoms with Crippen molar-refractivity contribution in [2.75, 3.05) is 36.4 Å². The number of hydrogen-bond acceptors (Lipinski definition) is 4. The molecule has 6 nitrogen and oxygen atoms in total. The average molecular weight is 477 g/mol. The first-order chi connectivity index (χ1) is 17.1. The van der Waals surface area contributed by atoms with Crippen molar-refractivity contribution < 1.29 is 9.59 Å². The van der Waals surface area contributed by atoms with Gasteiger partial charge >= 0.3 is 0 Å². The van der Waals surface area contributed by atoms with Crippen LogP contribution in [0, 0.1) is 0 Å². The van der Waals surface area contributed by atoms with Gasteiger partial charge in [0.1, 0.15) is 0 Å². The van der Waals surface area contributed by atoms with Gasteiger partial charge in [-0.1, -0.05) is 62.9 Å². The number of nitrogens with one attached hydrogen (secondary N) is 2. The molecule has 1 aliphatic heterocycles. The predicted molar refractivity (Wildman–Crippen MR) is 143 cm³/mol. The van der Waals surface area contributed by atoms with Crippen LogP contribution in [0.2, 0.25) is 0 Å². The maximum atomic E-state index is 13.4. The lowest BCUT2D eigenvalue weighted by Gasteiger charge is -2.37. The molecular weight excluding hydrogens is 436 g/mol. The molecule has 2 aromatic rings. The highest BCUT2D eigenvalue weighted by atomic mass is 16.2. The minimum absolute atomic E-state index is 0.00719. The van der Waals surface area contributed by atoms with Crippen LogP contribution in [-0.2, 0) is 11.3 Å². The maximum absolute atomic E-state index is 13.4. The molecular formula is C29H40N4O2. The molecule has 0 aromatic heterocycles. The van der Waals surface area contributed by atoms with Gasteiger partial charge in [-0.05, 0) is 43.0 Å². The second kappa shape index (κ2) is 12.7.